The monoisotopic (exact) mass is 440 g/mol. The average molecular weight is 441 g/mol. The Hall–Kier alpha value is -3.04. The van der Waals surface area contributed by atoms with E-state index in [9.17, 15) is 4.79 Å². The highest BCUT2D eigenvalue weighted by Gasteiger charge is 2.19. The summed E-state index contributed by atoms with van der Waals surface area (Å²) in [6, 6.07) is 7.46. The quantitative estimate of drug-likeness (QED) is 0.414. The maximum atomic E-state index is 13.1. The van der Waals surface area contributed by atoms with Gasteiger partial charge in [0.05, 0.1) is 20.1 Å². The van der Waals surface area contributed by atoms with Gasteiger partial charge in [0.2, 0.25) is 11.8 Å². The molecule has 5 aromatic rings. The van der Waals surface area contributed by atoms with Crippen LogP contribution < -0.4 is 5.56 Å². The van der Waals surface area contributed by atoms with Crippen LogP contribution in [0.2, 0.25) is 4.34 Å². The molecule has 0 fully saturated rings. The molecule has 5 aromatic heterocycles. The number of halogens is 1. The largest absolute Gasteiger partial charge is 0.419 e. The Morgan fingerprint density at radius 3 is 2.77 bits per heavy atom. The second-order valence-corrected chi connectivity index (χ2v) is 9.04. The molecule has 0 N–H and O–H groups in total. The number of hydrogen-bond acceptors (Lipinski definition) is 7. The number of thiophene rings is 1. The zero-order valence-electron chi connectivity index (χ0n) is 16.5. The van der Waals surface area contributed by atoms with Gasteiger partial charge in [-0.1, -0.05) is 25.4 Å². The van der Waals surface area contributed by atoms with E-state index in [4.69, 9.17) is 16.0 Å². The van der Waals surface area contributed by atoms with Crippen molar-refractivity contribution >= 4 is 38.7 Å². The molecule has 0 aliphatic heterocycles. The van der Waals surface area contributed by atoms with Gasteiger partial charge < -0.3 is 4.42 Å². The molecule has 0 unspecified atom stereocenters. The van der Waals surface area contributed by atoms with Crippen LogP contribution in [0, 0.1) is 6.92 Å². The van der Waals surface area contributed by atoms with E-state index >= 15 is 0 Å². The number of fused-ring (bicyclic) bond motifs is 3. The lowest BCUT2D eigenvalue weighted by Gasteiger charge is -2.12. The minimum atomic E-state index is -0.226. The van der Waals surface area contributed by atoms with Crippen LogP contribution in [0.3, 0.4) is 0 Å². The summed E-state index contributed by atoms with van der Waals surface area (Å²) < 4.78 is 10.6. The van der Waals surface area contributed by atoms with Gasteiger partial charge in [0, 0.05) is 17.8 Å². The zero-order chi connectivity index (χ0) is 21.0. The summed E-state index contributed by atoms with van der Waals surface area (Å²) >= 11 is 7.61. The molecule has 152 valence electrons. The van der Waals surface area contributed by atoms with Gasteiger partial charge in [0.25, 0.3) is 5.56 Å². The van der Waals surface area contributed by atoms with Gasteiger partial charge in [-0.2, -0.15) is 5.10 Å². The fraction of sp³-hybridized carbons (Fsp3) is 0.250. The van der Waals surface area contributed by atoms with E-state index in [-0.39, 0.29) is 18.0 Å². The van der Waals surface area contributed by atoms with E-state index in [1.54, 1.807) is 6.20 Å². The highest BCUT2D eigenvalue weighted by atomic mass is 35.5. The maximum Gasteiger partial charge on any atom is 0.291 e. The summed E-state index contributed by atoms with van der Waals surface area (Å²) in [5, 5.41) is 12.8. The highest BCUT2D eigenvalue weighted by Crippen LogP contribution is 2.32. The molecule has 0 aromatic carbocycles. The van der Waals surface area contributed by atoms with Crippen molar-refractivity contribution < 1.29 is 4.42 Å². The molecular formula is C20H17ClN6O2S. The van der Waals surface area contributed by atoms with E-state index in [1.807, 2.05) is 49.4 Å². The lowest BCUT2D eigenvalue weighted by atomic mass is 10.2. The average Bonchev–Trinajstić information content (AvgIpc) is 3.39. The molecule has 0 aliphatic rings. The minimum absolute atomic E-state index is 0.0843. The molecular weight excluding hydrogens is 424 g/mol. The van der Waals surface area contributed by atoms with Gasteiger partial charge in [-0.25, -0.2) is 4.68 Å². The van der Waals surface area contributed by atoms with E-state index in [2.05, 4.69) is 20.3 Å². The minimum Gasteiger partial charge on any atom is -0.419 e. The zero-order valence-corrected chi connectivity index (χ0v) is 18.0. The van der Waals surface area contributed by atoms with Crippen molar-refractivity contribution in [3.05, 3.63) is 62.6 Å². The summed E-state index contributed by atoms with van der Waals surface area (Å²) in [5.41, 5.74) is 2.84. The lowest BCUT2D eigenvalue weighted by Crippen LogP contribution is -2.28. The van der Waals surface area contributed by atoms with Gasteiger partial charge in [-0.05, 0) is 31.2 Å². The molecule has 10 heteroatoms. The van der Waals surface area contributed by atoms with Crippen LogP contribution in [-0.2, 0) is 6.54 Å². The maximum absolute atomic E-state index is 13.1. The first-order valence-electron chi connectivity index (χ1n) is 9.37. The molecule has 8 nitrogen and oxygen atoms in total. The van der Waals surface area contributed by atoms with Gasteiger partial charge in [-0.3, -0.25) is 14.2 Å². The lowest BCUT2D eigenvalue weighted by molar-refractivity contribution is 0.458. The third kappa shape index (κ3) is 3.10. The van der Waals surface area contributed by atoms with Crippen molar-refractivity contribution in [2.75, 3.05) is 0 Å². The Morgan fingerprint density at radius 2 is 2.03 bits per heavy atom. The van der Waals surface area contributed by atoms with Crippen LogP contribution in [0.25, 0.3) is 27.2 Å². The molecule has 0 amide bonds. The Morgan fingerprint density at radius 1 is 1.20 bits per heavy atom. The van der Waals surface area contributed by atoms with E-state index in [0.29, 0.717) is 21.6 Å². The first kappa shape index (κ1) is 19.0. The van der Waals surface area contributed by atoms with E-state index in [1.165, 1.54) is 16.0 Å². The standard InChI is InChI=1S/C20H17ClN6O2S/c1-10(2)18-25-26(20(28)14-6-15-13(27(14)18)7-16(21)30-15)9-17-23-24-19(29-17)12-5-4-11(3)22-8-12/h4-8,10H,9H2,1-3H3. The van der Waals surface area contributed by atoms with Crippen LogP contribution in [0.5, 0.6) is 0 Å². The predicted octanol–water partition coefficient (Wildman–Crippen LogP) is 4.29. The van der Waals surface area contributed by atoms with Gasteiger partial charge in [-0.15, -0.1) is 21.5 Å². The van der Waals surface area contributed by atoms with Crippen LogP contribution in [0.4, 0.5) is 0 Å². The fourth-order valence-electron chi connectivity index (χ4n) is 3.35. The third-order valence-corrected chi connectivity index (χ3v) is 5.99. The molecule has 0 radical (unpaired) electrons. The van der Waals surface area contributed by atoms with Crippen molar-refractivity contribution in [3.8, 4) is 11.5 Å². The molecule has 0 aliphatic carbocycles. The van der Waals surface area contributed by atoms with E-state index < -0.39 is 0 Å². The number of pyridine rings is 1. The first-order chi connectivity index (χ1) is 14.4. The topological polar surface area (TPSA) is 91.1 Å². The van der Waals surface area contributed by atoms with Crippen LogP contribution >= 0.6 is 22.9 Å². The van der Waals surface area contributed by atoms with E-state index in [0.717, 1.165) is 27.3 Å². The molecule has 5 heterocycles. The number of nitrogens with zero attached hydrogens (tertiary/aromatic N) is 6. The van der Waals surface area contributed by atoms with Crippen LogP contribution in [0.15, 0.2) is 39.7 Å². The van der Waals surface area contributed by atoms with Gasteiger partial charge in [0.15, 0.2) is 0 Å². The Balaban J connectivity index is 1.59. The number of aromatic nitrogens is 6. The van der Waals surface area contributed by atoms with Crippen molar-refractivity contribution in [1.82, 2.24) is 29.4 Å². The Bertz CT molecular complexity index is 1440. The van der Waals surface area contributed by atoms with Crippen molar-refractivity contribution in [1.29, 1.82) is 0 Å². The molecule has 30 heavy (non-hydrogen) atoms. The first-order valence-corrected chi connectivity index (χ1v) is 10.6. The normalized spacial score (nSPS) is 11.9. The summed E-state index contributed by atoms with van der Waals surface area (Å²) in [6.07, 6.45) is 1.68. The SMILES string of the molecule is Cc1ccc(-c2nnc(Cn3nc(C(C)C)n4c(cc5sc(Cl)cc54)c3=O)o2)cn1. The predicted molar refractivity (Wildman–Crippen MR) is 115 cm³/mol. The molecule has 0 saturated carbocycles. The van der Waals surface area contributed by atoms with Crippen molar-refractivity contribution in [3.63, 3.8) is 0 Å². The Labute approximate surface area is 179 Å². The Kier molecular flexibility index (Phi) is 4.44. The second-order valence-electron chi connectivity index (χ2n) is 7.33. The van der Waals surface area contributed by atoms with Gasteiger partial charge in [0.1, 0.15) is 17.9 Å². The smallest absolute Gasteiger partial charge is 0.291 e. The molecule has 0 bridgehead atoms. The molecule has 0 spiro atoms. The third-order valence-electron chi connectivity index (χ3n) is 4.79. The fourth-order valence-corrected chi connectivity index (χ4v) is 4.51. The highest BCUT2D eigenvalue weighted by molar-refractivity contribution is 7.22. The number of aryl methyl sites for hydroxylation is 1. The summed E-state index contributed by atoms with van der Waals surface area (Å²) in [6.45, 7) is 6.06. The number of hydrogen-bond donors (Lipinski definition) is 0. The van der Waals surface area contributed by atoms with Crippen LogP contribution in [0.1, 0.15) is 37.2 Å². The van der Waals surface area contributed by atoms with Crippen molar-refractivity contribution in [2.24, 2.45) is 0 Å². The summed E-state index contributed by atoms with van der Waals surface area (Å²) in [7, 11) is 0. The van der Waals surface area contributed by atoms with Gasteiger partial charge >= 0.3 is 0 Å². The summed E-state index contributed by atoms with van der Waals surface area (Å²) in [5.74, 6) is 1.51. The molecule has 5 rings (SSSR count). The van der Waals surface area contributed by atoms with Crippen molar-refractivity contribution in [2.45, 2.75) is 33.2 Å². The molecule has 0 atom stereocenters. The number of rotatable bonds is 4. The second kappa shape index (κ2) is 7.03. The van der Waals surface area contributed by atoms with Crippen LogP contribution in [-0.4, -0.2) is 29.4 Å². The molecule has 0 saturated heterocycles. The summed E-state index contributed by atoms with van der Waals surface area (Å²) in [4.78, 5) is 17.4.